The van der Waals surface area contributed by atoms with E-state index in [1.807, 2.05) is 6.92 Å². The first-order valence-electron chi connectivity index (χ1n) is 6.88. The maximum Gasteiger partial charge on any atom is 0.390 e. The third-order valence-electron chi connectivity index (χ3n) is 2.47. The summed E-state index contributed by atoms with van der Waals surface area (Å²) in [7, 11) is 0. The summed E-state index contributed by atoms with van der Waals surface area (Å²) in [6, 6.07) is 6.97. The Morgan fingerprint density at radius 2 is 2.09 bits per heavy atom. The zero-order valence-electron chi connectivity index (χ0n) is 12.2. The van der Waals surface area contributed by atoms with Crippen LogP contribution < -0.4 is 15.4 Å². The average molecular weight is 338 g/mol. The summed E-state index contributed by atoms with van der Waals surface area (Å²) in [5.41, 5.74) is 0. The quantitative estimate of drug-likeness (QED) is 0.456. The molecule has 0 spiro atoms. The lowest BCUT2D eigenvalue weighted by Crippen LogP contribution is -2.39. The van der Waals surface area contributed by atoms with Gasteiger partial charge in [-0.15, -0.1) is 0 Å². The molecule has 1 rings (SSSR count). The Bertz CT molecular complexity index is 481. The van der Waals surface area contributed by atoms with Crippen molar-refractivity contribution < 1.29 is 17.9 Å². The molecule has 0 bridgehead atoms. The zero-order valence-corrected chi connectivity index (χ0v) is 13.0. The molecular formula is C14H19ClF3N3O. The predicted molar refractivity (Wildman–Crippen MR) is 81.6 cm³/mol. The summed E-state index contributed by atoms with van der Waals surface area (Å²) in [6.07, 6.45) is -5.14. The van der Waals surface area contributed by atoms with Crippen molar-refractivity contribution in [2.45, 2.75) is 19.5 Å². The maximum absolute atomic E-state index is 12.1. The van der Waals surface area contributed by atoms with Gasteiger partial charge in [-0.3, -0.25) is 4.99 Å². The van der Waals surface area contributed by atoms with Crippen LogP contribution in [0.3, 0.4) is 0 Å². The highest BCUT2D eigenvalue weighted by molar-refractivity contribution is 6.30. The number of rotatable bonds is 7. The summed E-state index contributed by atoms with van der Waals surface area (Å²) in [6.45, 7) is 2.83. The fourth-order valence-corrected chi connectivity index (χ4v) is 1.71. The van der Waals surface area contributed by atoms with Crippen LogP contribution in [0.1, 0.15) is 13.3 Å². The Morgan fingerprint density at radius 1 is 1.32 bits per heavy atom. The molecule has 0 heterocycles. The largest absolute Gasteiger partial charge is 0.492 e. The van der Waals surface area contributed by atoms with E-state index in [1.54, 1.807) is 24.3 Å². The maximum atomic E-state index is 12.1. The van der Waals surface area contributed by atoms with Crippen LogP contribution in [0.5, 0.6) is 5.75 Å². The van der Waals surface area contributed by atoms with Gasteiger partial charge in [0.2, 0.25) is 0 Å². The highest BCUT2D eigenvalue weighted by Gasteiger charge is 2.26. The number of aliphatic imine (C=N–C) groups is 1. The number of nitrogens with zero attached hydrogens (tertiary/aromatic N) is 1. The highest BCUT2D eigenvalue weighted by Crippen LogP contribution is 2.19. The lowest BCUT2D eigenvalue weighted by Gasteiger charge is -2.12. The first kappa shape index (κ1) is 18.4. The molecule has 124 valence electrons. The van der Waals surface area contributed by atoms with Crippen molar-refractivity contribution >= 4 is 17.6 Å². The molecule has 0 atom stereocenters. The molecule has 0 aliphatic carbocycles. The van der Waals surface area contributed by atoms with E-state index in [4.69, 9.17) is 16.3 Å². The standard InChI is InChI=1S/C14H19ClF3N3O/c1-2-19-13(20-7-6-14(16,17)18)21-8-9-22-12-5-3-4-11(15)10-12/h3-5,10H,2,6-9H2,1H3,(H2,19,20,21). The van der Waals surface area contributed by atoms with Gasteiger partial charge < -0.3 is 15.4 Å². The van der Waals surface area contributed by atoms with Crippen LogP contribution in [0.4, 0.5) is 13.2 Å². The Labute approximate surface area is 132 Å². The molecule has 0 radical (unpaired) electrons. The minimum Gasteiger partial charge on any atom is -0.492 e. The second-order valence-corrected chi connectivity index (χ2v) is 4.79. The van der Waals surface area contributed by atoms with Crippen LogP contribution in [0.2, 0.25) is 5.02 Å². The molecule has 8 heteroatoms. The van der Waals surface area contributed by atoms with Crippen molar-refractivity contribution in [3.8, 4) is 5.75 Å². The number of alkyl halides is 3. The van der Waals surface area contributed by atoms with Gasteiger partial charge >= 0.3 is 6.18 Å². The second kappa shape index (κ2) is 9.40. The van der Waals surface area contributed by atoms with Crippen LogP contribution in [0.25, 0.3) is 0 Å². The van der Waals surface area contributed by atoms with E-state index in [0.717, 1.165) is 0 Å². The van der Waals surface area contributed by atoms with Crippen molar-refractivity contribution in [2.75, 3.05) is 26.2 Å². The average Bonchev–Trinajstić information content (AvgIpc) is 2.42. The molecule has 0 saturated carbocycles. The van der Waals surface area contributed by atoms with Gasteiger partial charge in [-0.1, -0.05) is 17.7 Å². The monoisotopic (exact) mass is 337 g/mol. The van der Waals surface area contributed by atoms with Crippen molar-refractivity contribution in [2.24, 2.45) is 4.99 Å². The highest BCUT2D eigenvalue weighted by atomic mass is 35.5. The van der Waals surface area contributed by atoms with E-state index in [9.17, 15) is 13.2 Å². The number of hydrogen-bond donors (Lipinski definition) is 2. The molecule has 0 amide bonds. The molecule has 2 N–H and O–H groups in total. The van der Waals surface area contributed by atoms with E-state index in [2.05, 4.69) is 15.6 Å². The number of nitrogens with one attached hydrogen (secondary N) is 2. The molecule has 1 aromatic carbocycles. The lowest BCUT2D eigenvalue weighted by molar-refractivity contribution is -0.132. The van der Waals surface area contributed by atoms with Gasteiger partial charge in [-0.2, -0.15) is 13.2 Å². The summed E-state index contributed by atoms with van der Waals surface area (Å²) < 4.78 is 41.7. The van der Waals surface area contributed by atoms with Crippen molar-refractivity contribution in [1.29, 1.82) is 0 Å². The summed E-state index contributed by atoms with van der Waals surface area (Å²) >= 11 is 5.83. The number of ether oxygens (including phenoxy) is 1. The Morgan fingerprint density at radius 3 is 2.73 bits per heavy atom. The van der Waals surface area contributed by atoms with Gasteiger partial charge in [-0.25, -0.2) is 0 Å². The minimum absolute atomic E-state index is 0.312. The number of halogens is 4. The fourth-order valence-electron chi connectivity index (χ4n) is 1.53. The topological polar surface area (TPSA) is 45.7 Å². The van der Waals surface area contributed by atoms with Gasteiger partial charge in [0, 0.05) is 11.6 Å². The van der Waals surface area contributed by atoms with E-state index in [1.165, 1.54) is 0 Å². The van der Waals surface area contributed by atoms with Crippen molar-refractivity contribution in [3.63, 3.8) is 0 Å². The van der Waals surface area contributed by atoms with E-state index < -0.39 is 12.6 Å². The van der Waals surface area contributed by atoms with Crippen LogP contribution in [0, 0.1) is 0 Å². The third kappa shape index (κ3) is 8.61. The molecule has 0 aromatic heterocycles. The Hall–Kier alpha value is -1.63. The molecule has 1 aromatic rings. The molecule has 0 aliphatic heterocycles. The number of benzene rings is 1. The molecule has 4 nitrogen and oxygen atoms in total. The number of hydrogen-bond acceptors (Lipinski definition) is 2. The smallest absolute Gasteiger partial charge is 0.390 e. The van der Waals surface area contributed by atoms with Crippen LogP contribution >= 0.6 is 11.6 Å². The molecular weight excluding hydrogens is 319 g/mol. The van der Waals surface area contributed by atoms with Crippen molar-refractivity contribution in [3.05, 3.63) is 29.3 Å². The summed E-state index contributed by atoms with van der Waals surface area (Å²) in [5.74, 6) is 0.967. The van der Waals surface area contributed by atoms with Gasteiger partial charge in [0.15, 0.2) is 5.96 Å². The fraction of sp³-hybridized carbons (Fsp3) is 0.500. The Kier molecular flexibility index (Phi) is 7.87. The molecule has 0 fully saturated rings. The lowest BCUT2D eigenvalue weighted by atomic mass is 10.3. The van der Waals surface area contributed by atoms with Gasteiger partial charge in [0.05, 0.1) is 19.5 Å². The zero-order chi connectivity index (χ0) is 16.4. The van der Waals surface area contributed by atoms with Gasteiger partial charge in [0.1, 0.15) is 12.4 Å². The molecule has 0 unspecified atom stereocenters. The van der Waals surface area contributed by atoms with E-state index in [0.29, 0.717) is 36.4 Å². The second-order valence-electron chi connectivity index (χ2n) is 4.36. The number of guanidine groups is 1. The van der Waals surface area contributed by atoms with Crippen LogP contribution in [-0.4, -0.2) is 38.4 Å². The molecule has 22 heavy (non-hydrogen) atoms. The summed E-state index contributed by atoms with van der Waals surface area (Å²) in [5, 5.41) is 6.35. The van der Waals surface area contributed by atoms with Crippen LogP contribution in [-0.2, 0) is 0 Å². The van der Waals surface area contributed by atoms with Crippen molar-refractivity contribution in [1.82, 2.24) is 10.6 Å². The van der Waals surface area contributed by atoms with Crippen LogP contribution in [0.15, 0.2) is 29.3 Å². The van der Waals surface area contributed by atoms with Gasteiger partial charge in [0.25, 0.3) is 0 Å². The third-order valence-corrected chi connectivity index (χ3v) is 2.70. The van der Waals surface area contributed by atoms with Gasteiger partial charge in [-0.05, 0) is 25.1 Å². The first-order chi connectivity index (χ1) is 10.4. The first-order valence-corrected chi connectivity index (χ1v) is 7.26. The van der Waals surface area contributed by atoms with E-state index in [-0.39, 0.29) is 6.54 Å². The predicted octanol–water partition coefficient (Wildman–Crippen LogP) is 3.23. The summed E-state index contributed by atoms with van der Waals surface area (Å²) in [4.78, 5) is 3.86. The Balaban J connectivity index is 2.33. The molecule has 0 aliphatic rings. The molecule has 0 saturated heterocycles. The SMILES string of the molecule is CCNC(=NCCC(F)(F)F)NCCOc1cccc(Cl)c1. The minimum atomic E-state index is -4.20. The normalized spacial score (nSPS) is 12.1. The van der Waals surface area contributed by atoms with E-state index >= 15 is 0 Å².